The lowest BCUT2D eigenvalue weighted by Gasteiger charge is -2.20. The maximum atomic E-state index is 11.2. The number of hydrogen-bond donors (Lipinski definition) is 0. The predicted octanol–water partition coefficient (Wildman–Crippen LogP) is 0.767. The van der Waals surface area contributed by atoms with Crippen LogP contribution in [0.4, 0.5) is 0 Å². The molecule has 0 aromatic heterocycles. The summed E-state index contributed by atoms with van der Waals surface area (Å²) in [6.07, 6.45) is 0.963. The Morgan fingerprint density at radius 2 is 1.69 bits per heavy atom. The van der Waals surface area contributed by atoms with E-state index >= 15 is 0 Å². The smallest absolute Gasteiger partial charge is 0.302 e. The second-order valence-electron chi connectivity index (χ2n) is 3.65. The lowest BCUT2D eigenvalue weighted by atomic mass is 10.3. The zero-order chi connectivity index (χ0) is 12.6. The van der Waals surface area contributed by atoms with E-state index in [0.717, 1.165) is 0 Å². The number of nitrogens with zero attached hydrogens (tertiary/aromatic N) is 1. The molecule has 1 amide bonds. The van der Waals surface area contributed by atoms with Crippen LogP contribution in [0.3, 0.4) is 0 Å². The molecule has 0 rings (SSSR count). The van der Waals surface area contributed by atoms with Gasteiger partial charge in [0.05, 0.1) is 6.61 Å². The van der Waals surface area contributed by atoms with Crippen molar-refractivity contribution in [2.45, 2.75) is 33.6 Å². The van der Waals surface area contributed by atoms with Gasteiger partial charge in [0.2, 0.25) is 5.91 Å². The van der Waals surface area contributed by atoms with Crippen LogP contribution >= 0.6 is 0 Å². The number of amides is 1. The Morgan fingerprint density at radius 3 is 2.12 bits per heavy atom. The van der Waals surface area contributed by atoms with E-state index in [0.29, 0.717) is 32.5 Å². The number of esters is 1. The minimum absolute atomic E-state index is 0.0613. The van der Waals surface area contributed by atoms with Crippen LogP contribution in [-0.2, 0) is 19.1 Å². The van der Waals surface area contributed by atoms with Crippen molar-refractivity contribution in [2.24, 2.45) is 0 Å². The fraction of sp³-hybridized carbons (Fsp3) is 0.727. The van der Waals surface area contributed by atoms with Gasteiger partial charge in [0.1, 0.15) is 5.78 Å². The van der Waals surface area contributed by atoms with Gasteiger partial charge in [0, 0.05) is 33.4 Å². The zero-order valence-corrected chi connectivity index (χ0v) is 10.1. The maximum absolute atomic E-state index is 11.2. The quantitative estimate of drug-likeness (QED) is 0.478. The molecule has 5 nitrogen and oxygen atoms in total. The van der Waals surface area contributed by atoms with Gasteiger partial charge in [-0.2, -0.15) is 0 Å². The fourth-order valence-electron chi connectivity index (χ4n) is 1.19. The van der Waals surface area contributed by atoms with Crippen molar-refractivity contribution in [1.82, 2.24) is 4.90 Å². The normalized spacial score (nSPS) is 9.69. The molecule has 0 aliphatic heterocycles. The lowest BCUT2D eigenvalue weighted by molar-refractivity contribution is -0.141. The fourth-order valence-corrected chi connectivity index (χ4v) is 1.19. The van der Waals surface area contributed by atoms with E-state index in [2.05, 4.69) is 0 Å². The SMILES string of the molecule is CC(=O)CCN(CCCOC(C)=O)C(C)=O. The van der Waals surface area contributed by atoms with Crippen LogP contribution in [0, 0.1) is 0 Å². The Labute approximate surface area is 95.7 Å². The predicted molar refractivity (Wildman–Crippen MR) is 58.8 cm³/mol. The second kappa shape index (κ2) is 7.84. The highest BCUT2D eigenvalue weighted by molar-refractivity contribution is 5.77. The molecule has 0 saturated carbocycles. The summed E-state index contributed by atoms with van der Waals surface area (Å²) in [6, 6.07) is 0. The molecule has 0 atom stereocenters. The summed E-state index contributed by atoms with van der Waals surface area (Å²) in [5.41, 5.74) is 0. The molecule has 0 saturated heterocycles. The second-order valence-corrected chi connectivity index (χ2v) is 3.65. The monoisotopic (exact) mass is 229 g/mol. The zero-order valence-electron chi connectivity index (χ0n) is 10.1. The van der Waals surface area contributed by atoms with Crippen LogP contribution < -0.4 is 0 Å². The summed E-state index contributed by atoms with van der Waals surface area (Å²) < 4.78 is 4.75. The third-order valence-corrected chi connectivity index (χ3v) is 2.06. The average molecular weight is 229 g/mol. The van der Waals surface area contributed by atoms with Gasteiger partial charge in [-0.3, -0.25) is 14.4 Å². The standard InChI is InChI=1S/C11H19NO4/c1-9(13)5-7-12(10(2)14)6-4-8-16-11(3)15/h4-8H2,1-3H3. The number of Topliss-reactive ketones (excluding diaryl/α,β-unsaturated/α-hetero) is 1. The first-order valence-electron chi connectivity index (χ1n) is 5.31. The topological polar surface area (TPSA) is 63.7 Å². The molecule has 0 aromatic rings. The largest absolute Gasteiger partial charge is 0.466 e. The Bertz CT molecular complexity index is 263. The first-order valence-corrected chi connectivity index (χ1v) is 5.31. The van der Waals surface area contributed by atoms with Gasteiger partial charge in [0.15, 0.2) is 0 Å². The summed E-state index contributed by atoms with van der Waals surface area (Å²) in [6.45, 7) is 5.56. The van der Waals surface area contributed by atoms with Gasteiger partial charge in [-0.25, -0.2) is 0 Å². The molecule has 0 bridgehead atoms. The van der Waals surface area contributed by atoms with Crippen molar-refractivity contribution in [2.75, 3.05) is 19.7 Å². The highest BCUT2D eigenvalue weighted by Crippen LogP contribution is 1.97. The van der Waals surface area contributed by atoms with E-state index < -0.39 is 0 Å². The lowest BCUT2D eigenvalue weighted by Crippen LogP contribution is -2.32. The van der Waals surface area contributed by atoms with Crippen LogP contribution in [0.2, 0.25) is 0 Å². The summed E-state index contributed by atoms with van der Waals surface area (Å²) in [7, 11) is 0. The van der Waals surface area contributed by atoms with E-state index in [-0.39, 0.29) is 17.7 Å². The average Bonchev–Trinajstić information content (AvgIpc) is 2.15. The molecule has 92 valence electrons. The number of carbonyl (C=O) groups excluding carboxylic acids is 3. The summed E-state index contributed by atoms with van der Waals surface area (Å²) in [5.74, 6) is -0.326. The summed E-state index contributed by atoms with van der Waals surface area (Å²) >= 11 is 0. The van der Waals surface area contributed by atoms with Gasteiger partial charge in [0.25, 0.3) is 0 Å². The van der Waals surface area contributed by atoms with E-state index in [1.165, 1.54) is 20.8 Å². The molecule has 0 spiro atoms. The maximum Gasteiger partial charge on any atom is 0.302 e. The first-order chi connectivity index (χ1) is 7.43. The van der Waals surface area contributed by atoms with Gasteiger partial charge in [-0.15, -0.1) is 0 Å². The summed E-state index contributed by atoms with van der Waals surface area (Å²) in [4.78, 5) is 34.1. The number of hydrogen-bond acceptors (Lipinski definition) is 4. The third kappa shape index (κ3) is 7.96. The Morgan fingerprint density at radius 1 is 1.06 bits per heavy atom. The van der Waals surface area contributed by atoms with E-state index in [1.54, 1.807) is 4.90 Å². The number of ketones is 1. The van der Waals surface area contributed by atoms with Crippen LogP contribution in [-0.4, -0.2) is 42.3 Å². The van der Waals surface area contributed by atoms with Gasteiger partial charge in [-0.1, -0.05) is 0 Å². The molecule has 0 aromatic carbocycles. The van der Waals surface area contributed by atoms with Crippen molar-refractivity contribution in [1.29, 1.82) is 0 Å². The van der Waals surface area contributed by atoms with Crippen LogP contribution in [0.5, 0.6) is 0 Å². The molecule has 0 fully saturated rings. The van der Waals surface area contributed by atoms with Crippen molar-refractivity contribution >= 4 is 17.7 Å². The van der Waals surface area contributed by atoms with E-state index in [1.807, 2.05) is 0 Å². The molecule has 0 N–H and O–H groups in total. The Kier molecular flexibility index (Phi) is 7.16. The third-order valence-electron chi connectivity index (χ3n) is 2.06. The van der Waals surface area contributed by atoms with Gasteiger partial charge >= 0.3 is 5.97 Å². The first kappa shape index (κ1) is 14.6. The molecule has 0 aliphatic rings. The Balaban J connectivity index is 3.81. The van der Waals surface area contributed by atoms with Crippen LogP contribution in [0.25, 0.3) is 0 Å². The van der Waals surface area contributed by atoms with Gasteiger partial charge in [-0.05, 0) is 13.3 Å². The molecule has 5 heteroatoms. The minimum Gasteiger partial charge on any atom is -0.466 e. The molecule has 0 unspecified atom stereocenters. The molecule has 0 aliphatic carbocycles. The van der Waals surface area contributed by atoms with Crippen LogP contribution in [0.15, 0.2) is 0 Å². The molecular weight excluding hydrogens is 210 g/mol. The number of rotatable bonds is 7. The van der Waals surface area contributed by atoms with Gasteiger partial charge < -0.3 is 9.64 Å². The van der Waals surface area contributed by atoms with Crippen molar-refractivity contribution in [3.8, 4) is 0 Å². The number of ether oxygens (including phenoxy) is 1. The van der Waals surface area contributed by atoms with E-state index in [9.17, 15) is 14.4 Å². The van der Waals surface area contributed by atoms with Crippen molar-refractivity contribution < 1.29 is 19.1 Å². The molecule has 0 heterocycles. The van der Waals surface area contributed by atoms with Crippen molar-refractivity contribution in [3.63, 3.8) is 0 Å². The Hall–Kier alpha value is -1.39. The molecule has 0 radical (unpaired) electrons. The highest BCUT2D eigenvalue weighted by Gasteiger charge is 2.09. The molecule has 16 heavy (non-hydrogen) atoms. The molecular formula is C11H19NO4. The number of carbonyl (C=O) groups is 3. The minimum atomic E-state index is -0.321. The van der Waals surface area contributed by atoms with E-state index in [4.69, 9.17) is 4.74 Å². The highest BCUT2D eigenvalue weighted by atomic mass is 16.5. The summed E-state index contributed by atoms with van der Waals surface area (Å²) in [5, 5.41) is 0. The van der Waals surface area contributed by atoms with Crippen LogP contribution in [0.1, 0.15) is 33.6 Å². The van der Waals surface area contributed by atoms with Crippen molar-refractivity contribution in [3.05, 3.63) is 0 Å².